The highest BCUT2D eigenvalue weighted by molar-refractivity contribution is 9.10. The summed E-state index contributed by atoms with van der Waals surface area (Å²) in [6, 6.07) is 5.89. The number of halogens is 1. The molecule has 4 rings (SSSR count). The molecule has 0 aromatic heterocycles. The number of aromatic hydroxyl groups is 1. The van der Waals surface area contributed by atoms with E-state index in [-0.39, 0.29) is 17.7 Å². The average molecular weight is 463 g/mol. The number of rotatable bonds is 3. The first-order valence-corrected chi connectivity index (χ1v) is 12.0. The smallest absolute Gasteiger partial charge is 0.267 e. The second kappa shape index (κ2) is 9.04. The van der Waals surface area contributed by atoms with E-state index in [1.807, 2.05) is 17.0 Å². The predicted molar refractivity (Wildman–Crippen MR) is 119 cm³/mol. The van der Waals surface area contributed by atoms with Crippen molar-refractivity contribution in [2.75, 3.05) is 0 Å². The maximum Gasteiger partial charge on any atom is 0.267 e. The third-order valence-electron chi connectivity index (χ3n) is 5.92. The molecule has 0 radical (unpaired) electrons. The Hall–Kier alpha value is -1.27. The van der Waals surface area contributed by atoms with Crippen molar-refractivity contribution >= 4 is 44.8 Å². The van der Waals surface area contributed by atoms with Crippen LogP contribution in [-0.2, 0) is 4.79 Å². The number of hydrogen-bond donors (Lipinski definition) is 1. The monoisotopic (exact) mass is 462 g/mol. The van der Waals surface area contributed by atoms with Crippen LogP contribution in [-0.4, -0.2) is 33.2 Å². The largest absolute Gasteiger partial charge is 0.507 e. The number of amidine groups is 1. The number of carbonyl (C=O) groups is 1. The maximum atomic E-state index is 13.3. The predicted octanol–water partition coefficient (Wildman–Crippen LogP) is 6.09. The number of nitrogens with zero attached hydrogens (tertiary/aromatic N) is 2. The Morgan fingerprint density at radius 2 is 1.75 bits per heavy atom. The van der Waals surface area contributed by atoms with Gasteiger partial charge in [0, 0.05) is 16.1 Å². The van der Waals surface area contributed by atoms with Crippen molar-refractivity contribution in [1.29, 1.82) is 0 Å². The molecular weight excluding hydrogens is 436 g/mol. The molecule has 150 valence electrons. The van der Waals surface area contributed by atoms with E-state index in [0.29, 0.717) is 16.5 Å². The molecule has 1 aliphatic heterocycles. The molecule has 3 aliphatic rings. The zero-order valence-corrected chi connectivity index (χ0v) is 18.5. The van der Waals surface area contributed by atoms with E-state index in [9.17, 15) is 9.90 Å². The van der Waals surface area contributed by atoms with Crippen LogP contribution < -0.4 is 0 Å². The number of phenols is 1. The van der Waals surface area contributed by atoms with E-state index in [1.54, 1.807) is 12.1 Å². The zero-order chi connectivity index (χ0) is 19.5. The number of carbonyl (C=O) groups excluding carboxylic acids is 1. The first-order chi connectivity index (χ1) is 13.6. The van der Waals surface area contributed by atoms with Crippen LogP contribution in [0.1, 0.15) is 69.8 Å². The van der Waals surface area contributed by atoms with Crippen molar-refractivity contribution in [1.82, 2.24) is 4.90 Å². The van der Waals surface area contributed by atoms with E-state index < -0.39 is 0 Å². The van der Waals surface area contributed by atoms with Gasteiger partial charge in [0.15, 0.2) is 5.17 Å². The molecule has 0 bridgehead atoms. The second-order valence-corrected chi connectivity index (χ2v) is 9.91. The van der Waals surface area contributed by atoms with Crippen LogP contribution in [0.4, 0.5) is 0 Å². The van der Waals surface area contributed by atoms with Gasteiger partial charge in [-0.05, 0) is 61.7 Å². The van der Waals surface area contributed by atoms with E-state index in [2.05, 4.69) is 15.9 Å². The van der Waals surface area contributed by atoms with Crippen LogP contribution in [0.5, 0.6) is 5.75 Å². The fourth-order valence-corrected chi connectivity index (χ4v) is 5.87. The Morgan fingerprint density at radius 1 is 1.07 bits per heavy atom. The van der Waals surface area contributed by atoms with Gasteiger partial charge in [0.05, 0.1) is 10.9 Å². The highest BCUT2D eigenvalue weighted by Gasteiger charge is 2.39. The molecule has 1 aromatic rings. The minimum absolute atomic E-state index is 0.0471. The highest BCUT2D eigenvalue weighted by atomic mass is 79.9. The summed E-state index contributed by atoms with van der Waals surface area (Å²) in [6.07, 6.45) is 13.6. The molecule has 28 heavy (non-hydrogen) atoms. The summed E-state index contributed by atoms with van der Waals surface area (Å²) >= 11 is 4.93. The molecular formula is C22H27BrN2O2S. The van der Waals surface area contributed by atoms with Crippen LogP contribution in [0.2, 0.25) is 0 Å². The third-order valence-corrected chi connectivity index (χ3v) is 7.41. The zero-order valence-electron chi connectivity index (χ0n) is 16.1. The van der Waals surface area contributed by atoms with Crippen LogP contribution >= 0.6 is 27.7 Å². The first-order valence-electron chi connectivity index (χ1n) is 10.4. The minimum atomic E-state index is 0.0471. The molecule has 3 fully saturated rings. The van der Waals surface area contributed by atoms with Gasteiger partial charge in [0.1, 0.15) is 5.75 Å². The normalized spacial score (nSPS) is 25.2. The van der Waals surface area contributed by atoms with Gasteiger partial charge in [-0.3, -0.25) is 14.7 Å². The van der Waals surface area contributed by atoms with Gasteiger partial charge in [-0.2, -0.15) is 0 Å². The fourth-order valence-electron chi connectivity index (χ4n) is 4.39. The molecule has 2 saturated carbocycles. The summed E-state index contributed by atoms with van der Waals surface area (Å²) in [5.41, 5.74) is 0.660. The Balaban J connectivity index is 1.65. The average Bonchev–Trinajstić information content (AvgIpc) is 3.01. The summed E-state index contributed by atoms with van der Waals surface area (Å²) < 4.78 is 0.882. The molecule has 1 N–H and O–H groups in total. The van der Waals surface area contributed by atoms with Gasteiger partial charge in [-0.25, -0.2) is 0 Å². The molecule has 1 amide bonds. The Bertz CT molecular complexity index is 796. The number of amides is 1. The Morgan fingerprint density at radius 3 is 2.46 bits per heavy atom. The van der Waals surface area contributed by atoms with Crippen molar-refractivity contribution in [2.45, 2.75) is 76.3 Å². The van der Waals surface area contributed by atoms with E-state index >= 15 is 0 Å². The van der Waals surface area contributed by atoms with Gasteiger partial charge in [-0.1, -0.05) is 54.5 Å². The van der Waals surface area contributed by atoms with Crippen molar-refractivity contribution in [3.8, 4) is 5.75 Å². The molecule has 1 heterocycles. The van der Waals surface area contributed by atoms with Gasteiger partial charge >= 0.3 is 0 Å². The number of hydrogen-bond acceptors (Lipinski definition) is 4. The molecule has 1 saturated heterocycles. The maximum absolute atomic E-state index is 13.3. The number of phenolic OH excluding ortho intramolecular Hbond substituents is 1. The summed E-state index contributed by atoms with van der Waals surface area (Å²) in [6.45, 7) is 0. The topological polar surface area (TPSA) is 52.9 Å². The van der Waals surface area contributed by atoms with Crippen LogP contribution in [0.3, 0.4) is 0 Å². The van der Waals surface area contributed by atoms with Crippen LogP contribution in [0, 0.1) is 0 Å². The quantitative estimate of drug-likeness (QED) is 0.552. The van der Waals surface area contributed by atoms with Gasteiger partial charge < -0.3 is 5.11 Å². The van der Waals surface area contributed by atoms with E-state index in [4.69, 9.17) is 4.99 Å². The summed E-state index contributed by atoms with van der Waals surface area (Å²) in [5.74, 6) is 0.233. The number of aliphatic imine (C=N–C) groups is 1. The lowest BCUT2D eigenvalue weighted by Crippen LogP contribution is -2.41. The molecule has 2 aliphatic carbocycles. The molecule has 0 unspecified atom stereocenters. The molecule has 0 atom stereocenters. The van der Waals surface area contributed by atoms with Gasteiger partial charge in [0.2, 0.25) is 0 Å². The van der Waals surface area contributed by atoms with E-state index in [0.717, 1.165) is 35.3 Å². The number of thioether (sulfide) groups is 1. The van der Waals surface area contributed by atoms with Crippen molar-refractivity contribution in [2.24, 2.45) is 4.99 Å². The van der Waals surface area contributed by atoms with Gasteiger partial charge in [0.25, 0.3) is 5.91 Å². The van der Waals surface area contributed by atoms with E-state index in [1.165, 1.54) is 50.3 Å². The van der Waals surface area contributed by atoms with Crippen molar-refractivity contribution in [3.63, 3.8) is 0 Å². The standard InChI is InChI=1S/C22H27BrN2O2S/c23-16-11-12-19(26)15(13-16)14-20-21(27)25(18-9-5-2-6-10-18)22(28-20)24-17-7-3-1-4-8-17/h11-14,17-18,26H,1-10H2. The Labute approximate surface area is 179 Å². The van der Waals surface area contributed by atoms with Gasteiger partial charge in [-0.15, -0.1) is 0 Å². The molecule has 6 heteroatoms. The molecule has 0 spiro atoms. The minimum Gasteiger partial charge on any atom is -0.507 e. The molecule has 1 aromatic carbocycles. The summed E-state index contributed by atoms with van der Waals surface area (Å²) in [7, 11) is 0. The van der Waals surface area contributed by atoms with Crippen LogP contribution in [0.15, 0.2) is 32.6 Å². The first kappa shape index (κ1) is 20.0. The number of benzene rings is 1. The second-order valence-electron chi connectivity index (χ2n) is 7.98. The summed E-state index contributed by atoms with van der Waals surface area (Å²) in [5, 5.41) is 11.1. The third kappa shape index (κ3) is 4.48. The Kier molecular flexibility index (Phi) is 6.46. The highest BCUT2D eigenvalue weighted by Crippen LogP contribution is 2.39. The summed E-state index contributed by atoms with van der Waals surface area (Å²) in [4.78, 5) is 21.0. The SMILES string of the molecule is O=C1C(=Cc2cc(Br)ccc2O)SC(=NC2CCCCC2)N1C1CCCCC1. The van der Waals surface area contributed by atoms with Crippen molar-refractivity contribution in [3.05, 3.63) is 33.1 Å². The molecule has 4 nitrogen and oxygen atoms in total. The fraction of sp³-hybridized carbons (Fsp3) is 0.545. The van der Waals surface area contributed by atoms with Crippen LogP contribution in [0.25, 0.3) is 6.08 Å². The lowest BCUT2D eigenvalue weighted by molar-refractivity contribution is -0.124. The van der Waals surface area contributed by atoms with Crippen molar-refractivity contribution < 1.29 is 9.90 Å². The lowest BCUT2D eigenvalue weighted by Gasteiger charge is -2.31. The lowest BCUT2D eigenvalue weighted by atomic mass is 9.94.